The Morgan fingerprint density at radius 1 is 1.38 bits per heavy atom. The van der Waals surface area contributed by atoms with Crippen LogP contribution in [-0.2, 0) is 0 Å². The van der Waals surface area contributed by atoms with Gasteiger partial charge < -0.3 is 15.6 Å². The van der Waals surface area contributed by atoms with Gasteiger partial charge in [-0.15, -0.1) is 12.4 Å². The van der Waals surface area contributed by atoms with E-state index >= 15 is 0 Å². The number of nitrogens with two attached hydrogens (primary N) is 1. The second-order valence-electron chi connectivity index (χ2n) is 2.96. The Kier molecular flexibility index (Phi) is 3.14. The van der Waals surface area contributed by atoms with E-state index in [0.29, 0.717) is 6.61 Å². The Bertz CT molecular complexity index is 293. The monoisotopic (exact) mass is 201 g/mol. The van der Waals surface area contributed by atoms with Crippen LogP contribution in [0.1, 0.15) is 11.7 Å². The average molecular weight is 202 g/mol. The van der Waals surface area contributed by atoms with E-state index in [0.717, 1.165) is 11.3 Å². The lowest BCUT2D eigenvalue weighted by Crippen LogP contribution is -2.37. The summed E-state index contributed by atoms with van der Waals surface area (Å²) in [6, 6.07) is 7.11. The smallest absolute Gasteiger partial charge is 0.125 e. The summed E-state index contributed by atoms with van der Waals surface area (Å²) in [5.41, 5.74) is 6.41. The van der Waals surface area contributed by atoms with Gasteiger partial charge in [-0.3, -0.25) is 0 Å². The number of hydrogen-bond donors (Lipinski definition) is 2. The Hall–Kier alpha value is -0.770. The molecule has 3 nitrogen and oxygen atoms in total. The third-order valence-corrected chi connectivity index (χ3v) is 2.07. The SMILES string of the molecule is Cl.NC1COc2ccccc2C1O. The van der Waals surface area contributed by atoms with Crippen molar-refractivity contribution in [2.75, 3.05) is 6.61 Å². The predicted molar refractivity (Wildman–Crippen MR) is 52.1 cm³/mol. The number of benzene rings is 1. The number of halogens is 1. The van der Waals surface area contributed by atoms with Crippen LogP contribution < -0.4 is 10.5 Å². The lowest BCUT2D eigenvalue weighted by atomic mass is 10.0. The third kappa shape index (κ3) is 1.77. The highest BCUT2D eigenvalue weighted by Crippen LogP contribution is 2.30. The minimum Gasteiger partial charge on any atom is -0.491 e. The lowest BCUT2D eigenvalue weighted by molar-refractivity contribution is 0.0916. The van der Waals surface area contributed by atoms with E-state index in [9.17, 15) is 5.11 Å². The highest BCUT2D eigenvalue weighted by molar-refractivity contribution is 5.85. The first-order valence-electron chi connectivity index (χ1n) is 3.94. The molecule has 13 heavy (non-hydrogen) atoms. The molecular weight excluding hydrogens is 190 g/mol. The predicted octanol–water partition coefficient (Wildman–Crippen LogP) is 0.861. The van der Waals surface area contributed by atoms with E-state index in [-0.39, 0.29) is 18.4 Å². The Morgan fingerprint density at radius 3 is 2.85 bits per heavy atom. The first-order chi connectivity index (χ1) is 5.79. The van der Waals surface area contributed by atoms with E-state index in [1.807, 2.05) is 24.3 Å². The first-order valence-corrected chi connectivity index (χ1v) is 3.94. The number of aliphatic hydroxyl groups excluding tert-OH is 1. The van der Waals surface area contributed by atoms with Crippen molar-refractivity contribution in [1.29, 1.82) is 0 Å². The van der Waals surface area contributed by atoms with Gasteiger partial charge in [-0.1, -0.05) is 18.2 Å². The molecule has 1 aliphatic heterocycles. The highest BCUT2D eigenvalue weighted by atomic mass is 35.5. The number of para-hydroxylation sites is 1. The number of hydrogen-bond acceptors (Lipinski definition) is 3. The van der Waals surface area contributed by atoms with Crippen LogP contribution in [0.25, 0.3) is 0 Å². The zero-order chi connectivity index (χ0) is 8.55. The molecule has 2 unspecified atom stereocenters. The summed E-state index contributed by atoms with van der Waals surface area (Å²) in [6.45, 7) is 0.387. The van der Waals surface area contributed by atoms with Crippen molar-refractivity contribution in [3.8, 4) is 5.75 Å². The van der Waals surface area contributed by atoms with E-state index in [4.69, 9.17) is 10.5 Å². The Labute approximate surface area is 82.9 Å². The van der Waals surface area contributed by atoms with E-state index in [1.165, 1.54) is 0 Å². The molecule has 1 heterocycles. The summed E-state index contributed by atoms with van der Waals surface area (Å²) >= 11 is 0. The van der Waals surface area contributed by atoms with Gasteiger partial charge in [-0.25, -0.2) is 0 Å². The van der Waals surface area contributed by atoms with Gasteiger partial charge in [-0.2, -0.15) is 0 Å². The first kappa shape index (κ1) is 10.3. The summed E-state index contributed by atoms with van der Waals surface area (Å²) in [6.07, 6.45) is -0.588. The van der Waals surface area contributed by atoms with E-state index in [2.05, 4.69) is 0 Å². The van der Waals surface area contributed by atoms with Crippen molar-refractivity contribution in [2.45, 2.75) is 12.1 Å². The lowest BCUT2D eigenvalue weighted by Gasteiger charge is -2.27. The Morgan fingerprint density at radius 2 is 2.08 bits per heavy atom. The molecule has 1 aromatic carbocycles. The van der Waals surface area contributed by atoms with Crippen molar-refractivity contribution >= 4 is 12.4 Å². The molecule has 0 radical (unpaired) electrons. The fourth-order valence-corrected chi connectivity index (χ4v) is 1.36. The maximum atomic E-state index is 9.62. The highest BCUT2D eigenvalue weighted by Gasteiger charge is 2.25. The van der Waals surface area contributed by atoms with E-state index in [1.54, 1.807) is 0 Å². The molecular formula is C9H12ClNO2. The normalized spacial score (nSPS) is 25.4. The average Bonchev–Trinajstić information content (AvgIpc) is 2.12. The van der Waals surface area contributed by atoms with Crippen molar-refractivity contribution in [2.24, 2.45) is 5.73 Å². The standard InChI is InChI=1S/C9H11NO2.ClH/c10-7-5-12-8-4-2-1-3-6(8)9(7)11;/h1-4,7,9,11H,5,10H2;1H. The molecule has 2 atom stereocenters. The van der Waals surface area contributed by atoms with Gasteiger partial charge in [0.2, 0.25) is 0 Å². The molecule has 0 saturated heterocycles. The summed E-state index contributed by atoms with van der Waals surface area (Å²) in [5.74, 6) is 0.742. The number of fused-ring (bicyclic) bond motifs is 1. The van der Waals surface area contributed by atoms with Gasteiger partial charge in [0.05, 0.1) is 6.04 Å². The van der Waals surface area contributed by atoms with Crippen LogP contribution in [-0.4, -0.2) is 17.8 Å². The molecule has 1 aliphatic rings. The van der Waals surface area contributed by atoms with Crippen molar-refractivity contribution in [3.05, 3.63) is 29.8 Å². The number of aliphatic hydroxyl groups is 1. The molecule has 0 saturated carbocycles. The van der Waals surface area contributed by atoms with Crippen LogP contribution >= 0.6 is 12.4 Å². The van der Waals surface area contributed by atoms with Crippen LogP contribution in [0.2, 0.25) is 0 Å². The maximum Gasteiger partial charge on any atom is 0.125 e. The molecule has 1 aromatic rings. The van der Waals surface area contributed by atoms with Crippen LogP contribution in [0.3, 0.4) is 0 Å². The van der Waals surface area contributed by atoms with Gasteiger partial charge in [0.15, 0.2) is 0 Å². The van der Waals surface area contributed by atoms with Crippen molar-refractivity contribution < 1.29 is 9.84 Å². The fraction of sp³-hybridized carbons (Fsp3) is 0.333. The zero-order valence-electron chi connectivity index (χ0n) is 7.01. The molecule has 0 fully saturated rings. The van der Waals surface area contributed by atoms with Crippen molar-refractivity contribution in [3.63, 3.8) is 0 Å². The second-order valence-corrected chi connectivity index (χ2v) is 2.96. The van der Waals surface area contributed by atoms with Gasteiger partial charge in [0, 0.05) is 5.56 Å². The van der Waals surface area contributed by atoms with Gasteiger partial charge in [0.25, 0.3) is 0 Å². The fourth-order valence-electron chi connectivity index (χ4n) is 1.36. The minimum atomic E-state index is -0.588. The number of ether oxygens (including phenoxy) is 1. The topological polar surface area (TPSA) is 55.5 Å². The van der Waals surface area contributed by atoms with Crippen LogP contribution in [0.15, 0.2) is 24.3 Å². The largest absolute Gasteiger partial charge is 0.491 e. The van der Waals surface area contributed by atoms with Crippen LogP contribution in [0.4, 0.5) is 0 Å². The van der Waals surface area contributed by atoms with Gasteiger partial charge in [0.1, 0.15) is 18.5 Å². The molecule has 0 spiro atoms. The van der Waals surface area contributed by atoms with Gasteiger partial charge in [-0.05, 0) is 6.07 Å². The zero-order valence-corrected chi connectivity index (χ0v) is 7.83. The third-order valence-electron chi connectivity index (χ3n) is 2.07. The van der Waals surface area contributed by atoms with Crippen molar-refractivity contribution in [1.82, 2.24) is 0 Å². The molecule has 3 N–H and O–H groups in total. The molecule has 4 heteroatoms. The molecule has 72 valence electrons. The molecule has 0 amide bonds. The quantitative estimate of drug-likeness (QED) is 0.655. The molecule has 0 bridgehead atoms. The van der Waals surface area contributed by atoms with Crippen LogP contribution in [0, 0.1) is 0 Å². The summed E-state index contributed by atoms with van der Waals surface area (Å²) < 4.78 is 5.32. The Balaban J connectivity index is 0.000000845. The summed E-state index contributed by atoms with van der Waals surface area (Å²) in [7, 11) is 0. The van der Waals surface area contributed by atoms with E-state index < -0.39 is 6.10 Å². The molecule has 2 rings (SSSR count). The summed E-state index contributed by atoms with van der Waals surface area (Å²) in [5, 5.41) is 9.62. The molecule has 0 aromatic heterocycles. The maximum absolute atomic E-state index is 9.62. The van der Waals surface area contributed by atoms with Crippen LogP contribution in [0.5, 0.6) is 5.75 Å². The summed E-state index contributed by atoms with van der Waals surface area (Å²) in [4.78, 5) is 0. The number of rotatable bonds is 0. The second kappa shape index (κ2) is 3.96. The molecule has 0 aliphatic carbocycles. The van der Waals surface area contributed by atoms with Gasteiger partial charge >= 0.3 is 0 Å². The minimum absolute atomic E-state index is 0.